The maximum absolute atomic E-state index is 12.9. The second-order valence-corrected chi connectivity index (χ2v) is 9.40. The number of rotatable bonds is 7. The fraction of sp³-hybridized carbons (Fsp3) is 0.409. The largest absolute Gasteiger partial charge is 0.350 e. The maximum Gasteiger partial charge on any atom is 0.251 e. The number of amides is 1. The van der Waals surface area contributed by atoms with E-state index in [1.54, 1.807) is 19.1 Å². The molecule has 2 aromatic rings. The fourth-order valence-electron chi connectivity index (χ4n) is 3.49. The standard InChI is InChI=1S/C22H28N2O3S/c1-17-10-13-20(16-21(17)28(26,27)24-14-6-7-15-24)22(25)23-18(2)11-12-19-8-4-3-5-9-19/h3-5,8-10,13,16,18H,6-7,11-12,14-15H2,1-2H3,(H,23,25). The molecule has 1 aliphatic heterocycles. The lowest BCUT2D eigenvalue weighted by atomic mass is 10.1. The Morgan fingerprint density at radius 2 is 1.79 bits per heavy atom. The molecule has 0 radical (unpaired) electrons. The van der Waals surface area contributed by atoms with Gasteiger partial charge in [0.1, 0.15) is 0 Å². The first-order chi connectivity index (χ1) is 13.4. The molecule has 1 aliphatic rings. The molecular weight excluding hydrogens is 372 g/mol. The maximum atomic E-state index is 12.9. The second-order valence-electron chi connectivity index (χ2n) is 7.49. The zero-order valence-electron chi connectivity index (χ0n) is 16.5. The SMILES string of the molecule is Cc1ccc(C(=O)NC(C)CCc2ccccc2)cc1S(=O)(=O)N1CCCC1. The van der Waals surface area contributed by atoms with Crippen molar-refractivity contribution in [2.75, 3.05) is 13.1 Å². The van der Waals surface area contributed by atoms with Gasteiger partial charge >= 0.3 is 0 Å². The highest BCUT2D eigenvalue weighted by molar-refractivity contribution is 7.89. The number of sulfonamides is 1. The fourth-order valence-corrected chi connectivity index (χ4v) is 5.26. The number of hydrogen-bond donors (Lipinski definition) is 1. The lowest BCUT2D eigenvalue weighted by molar-refractivity contribution is 0.0938. The van der Waals surface area contributed by atoms with E-state index in [1.807, 2.05) is 25.1 Å². The summed E-state index contributed by atoms with van der Waals surface area (Å²) in [6.07, 6.45) is 3.47. The molecule has 0 saturated carbocycles. The molecule has 0 aliphatic carbocycles. The topological polar surface area (TPSA) is 66.5 Å². The molecule has 5 nitrogen and oxygen atoms in total. The summed E-state index contributed by atoms with van der Waals surface area (Å²) in [7, 11) is -3.55. The van der Waals surface area contributed by atoms with Crippen molar-refractivity contribution in [3.63, 3.8) is 0 Å². The van der Waals surface area contributed by atoms with Crippen LogP contribution in [-0.2, 0) is 16.4 Å². The molecule has 1 N–H and O–H groups in total. The lowest BCUT2D eigenvalue weighted by Gasteiger charge is -2.18. The van der Waals surface area contributed by atoms with Gasteiger partial charge in [-0.05, 0) is 62.8 Å². The van der Waals surface area contributed by atoms with Crippen LogP contribution in [0.2, 0.25) is 0 Å². The van der Waals surface area contributed by atoms with E-state index in [9.17, 15) is 13.2 Å². The van der Waals surface area contributed by atoms with Gasteiger partial charge in [0.25, 0.3) is 5.91 Å². The van der Waals surface area contributed by atoms with E-state index in [2.05, 4.69) is 17.4 Å². The van der Waals surface area contributed by atoms with Gasteiger partial charge in [0.05, 0.1) is 4.90 Å². The average Bonchev–Trinajstić information content (AvgIpc) is 3.23. The smallest absolute Gasteiger partial charge is 0.251 e. The van der Waals surface area contributed by atoms with Crippen molar-refractivity contribution >= 4 is 15.9 Å². The normalized spacial score (nSPS) is 16.1. The first-order valence-corrected chi connectivity index (χ1v) is 11.3. The van der Waals surface area contributed by atoms with E-state index >= 15 is 0 Å². The number of nitrogens with zero attached hydrogens (tertiary/aromatic N) is 1. The summed E-state index contributed by atoms with van der Waals surface area (Å²) in [6, 6.07) is 15.1. The minimum Gasteiger partial charge on any atom is -0.350 e. The third kappa shape index (κ3) is 4.80. The van der Waals surface area contributed by atoms with Crippen molar-refractivity contribution in [3.8, 4) is 0 Å². The Hall–Kier alpha value is -2.18. The zero-order chi connectivity index (χ0) is 20.1. The number of carbonyl (C=O) groups is 1. The Morgan fingerprint density at radius 3 is 2.46 bits per heavy atom. The molecule has 1 atom stereocenters. The molecule has 1 amide bonds. The molecule has 0 bridgehead atoms. The van der Waals surface area contributed by atoms with Crippen LogP contribution in [0.1, 0.15) is 47.7 Å². The van der Waals surface area contributed by atoms with Crippen LogP contribution < -0.4 is 5.32 Å². The van der Waals surface area contributed by atoms with E-state index in [0.717, 1.165) is 25.7 Å². The van der Waals surface area contributed by atoms with Crippen LogP contribution in [0.5, 0.6) is 0 Å². The lowest BCUT2D eigenvalue weighted by Crippen LogP contribution is -2.33. The summed E-state index contributed by atoms with van der Waals surface area (Å²) in [6.45, 7) is 4.84. The highest BCUT2D eigenvalue weighted by atomic mass is 32.2. The molecule has 1 heterocycles. The predicted molar refractivity (Wildman–Crippen MR) is 111 cm³/mol. The monoisotopic (exact) mass is 400 g/mol. The summed E-state index contributed by atoms with van der Waals surface area (Å²) in [5.41, 5.74) is 2.29. The van der Waals surface area contributed by atoms with Gasteiger partial charge < -0.3 is 5.32 Å². The summed E-state index contributed by atoms with van der Waals surface area (Å²) in [4.78, 5) is 12.9. The van der Waals surface area contributed by atoms with Crippen molar-refractivity contribution in [3.05, 3.63) is 65.2 Å². The number of aryl methyl sites for hydroxylation is 2. The molecule has 6 heteroatoms. The van der Waals surface area contributed by atoms with Gasteiger partial charge in [-0.2, -0.15) is 4.31 Å². The van der Waals surface area contributed by atoms with Crippen LogP contribution in [0.25, 0.3) is 0 Å². The van der Waals surface area contributed by atoms with Crippen molar-refractivity contribution in [1.29, 1.82) is 0 Å². The third-order valence-corrected chi connectivity index (χ3v) is 7.26. The zero-order valence-corrected chi connectivity index (χ0v) is 17.3. The summed E-state index contributed by atoms with van der Waals surface area (Å²) in [5.74, 6) is -0.238. The van der Waals surface area contributed by atoms with E-state index in [4.69, 9.17) is 0 Å². The highest BCUT2D eigenvalue weighted by Crippen LogP contribution is 2.24. The predicted octanol–water partition coefficient (Wildman–Crippen LogP) is 3.53. The highest BCUT2D eigenvalue weighted by Gasteiger charge is 2.29. The van der Waals surface area contributed by atoms with Crippen LogP contribution in [0.15, 0.2) is 53.4 Å². The van der Waals surface area contributed by atoms with Crippen molar-refractivity contribution in [2.24, 2.45) is 0 Å². The number of hydrogen-bond acceptors (Lipinski definition) is 3. The first kappa shape index (κ1) is 20.6. The average molecular weight is 401 g/mol. The molecule has 0 spiro atoms. The molecule has 3 rings (SSSR count). The van der Waals surface area contributed by atoms with Gasteiger partial charge in [-0.15, -0.1) is 0 Å². The molecule has 1 saturated heterocycles. The van der Waals surface area contributed by atoms with Gasteiger partial charge in [-0.3, -0.25) is 4.79 Å². The van der Waals surface area contributed by atoms with Crippen molar-refractivity contribution in [2.45, 2.75) is 50.5 Å². The second kappa shape index (κ2) is 8.88. The summed E-state index contributed by atoms with van der Waals surface area (Å²) >= 11 is 0. The Kier molecular flexibility index (Phi) is 6.52. The Balaban J connectivity index is 1.68. The molecule has 28 heavy (non-hydrogen) atoms. The number of benzene rings is 2. The van der Waals surface area contributed by atoms with E-state index < -0.39 is 10.0 Å². The van der Waals surface area contributed by atoms with Crippen LogP contribution in [0.4, 0.5) is 0 Å². The van der Waals surface area contributed by atoms with Crippen molar-refractivity contribution < 1.29 is 13.2 Å². The molecule has 0 aromatic heterocycles. The van der Waals surface area contributed by atoms with Crippen LogP contribution in [0.3, 0.4) is 0 Å². The third-order valence-electron chi connectivity index (χ3n) is 5.22. The van der Waals surface area contributed by atoms with E-state index in [-0.39, 0.29) is 16.8 Å². The quantitative estimate of drug-likeness (QED) is 0.773. The minimum absolute atomic E-state index is 0.00681. The Bertz CT molecular complexity index is 920. The van der Waals surface area contributed by atoms with E-state index in [1.165, 1.54) is 15.9 Å². The molecule has 1 unspecified atom stereocenters. The first-order valence-electron chi connectivity index (χ1n) is 9.83. The summed E-state index contributed by atoms with van der Waals surface area (Å²) in [5, 5.41) is 2.99. The van der Waals surface area contributed by atoms with Gasteiger partial charge in [-0.1, -0.05) is 36.4 Å². The number of carbonyl (C=O) groups excluding carboxylic acids is 1. The van der Waals surface area contributed by atoms with Crippen molar-refractivity contribution in [1.82, 2.24) is 9.62 Å². The number of nitrogens with one attached hydrogen (secondary N) is 1. The molecule has 150 valence electrons. The van der Waals surface area contributed by atoms with Gasteiger partial charge in [0, 0.05) is 24.7 Å². The van der Waals surface area contributed by atoms with Crippen LogP contribution in [-0.4, -0.2) is 37.8 Å². The minimum atomic E-state index is -3.55. The van der Waals surface area contributed by atoms with Gasteiger partial charge in [-0.25, -0.2) is 8.42 Å². The molecule has 2 aromatic carbocycles. The Morgan fingerprint density at radius 1 is 1.11 bits per heavy atom. The molecule has 1 fully saturated rings. The van der Waals surface area contributed by atoms with E-state index in [0.29, 0.717) is 24.2 Å². The van der Waals surface area contributed by atoms with Gasteiger partial charge in [0.2, 0.25) is 10.0 Å². The Labute approximate surface area is 167 Å². The van der Waals surface area contributed by atoms with Gasteiger partial charge in [0.15, 0.2) is 0 Å². The summed E-state index contributed by atoms with van der Waals surface area (Å²) < 4.78 is 27.3. The molecular formula is C22H28N2O3S. The van der Waals surface area contributed by atoms with Crippen LogP contribution in [0, 0.1) is 6.92 Å². The van der Waals surface area contributed by atoms with Crippen LogP contribution >= 0.6 is 0 Å².